The first-order valence-corrected chi connectivity index (χ1v) is 6.72. The summed E-state index contributed by atoms with van der Waals surface area (Å²) in [4.78, 5) is 17.4. The Labute approximate surface area is 105 Å². The number of rotatable bonds is 2. The number of carbonyl (C=O) groups is 1. The zero-order valence-corrected chi connectivity index (χ0v) is 10.8. The van der Waals surface area contributed by atoms with Crippen LogP contribution < -0.4 is 4.90 Å². The Hall–Kier alpha value is -1.23. The van der Waals surface area contributed by atoms with Gasteiger partial charge in [0.2, 0.25) is 0 Å². The lowest BCUT2D eigenvalue weighted by Gasteiger charge is -2.38. The largest absolute Gasteiger partial charge is 0.478 e. The van der Waals surface area contributed by atoms with Crippen molar-refractivity contribution >= 4 is 23.5 Å². The number of hydrogen-bond acceptors (Lipinski definition) is 4. The van der Waals surface area contributed by atoms with Gasteiger partial charge in [-0.1, -0.05) is 6.92 Å². The van der Waals surface area contributed by atoms with Gasteiger partial charge in [-0.15, -0.1) is 0 Å². The third-order valence-corrected chi connectivity index (χ3v) is 4.51. The molecule has 1 fully saturated rings. The lowest BCUT2D eigenvalue weighted by atomic mass is 10.2. The molecule has 1 aliphatic heterocycles. The molecule has 0 aromatic carbocycles. The average Bonchev–Trinajstić information content (AvgIpc) is 2.33. The monoisotopic (exact) mass is 252 g/mol. The predicted octanol–water partition coefficient (Wildman–Crippen LogP) is 2.11. The quantitative estimate of drug-likeness (QED) is 0.873. The Bertz CT molecular complexity index is 425. The van der Waals surface area contributed by atoms with Crippen molar-refractivity contribution in [3.05, 3.63) is 23.9 Å². The minimum Gasteiger partial charge on any atom is -0.478 e. The topological polar surface area (TPSA) is 53.4 Å². The summed E-state index contributed by atoms with van der Waals surface area (Å²) < 4.78 is 0. The van der Waals surface area contributed by atoms with Gasteiger partial charge in [0.15, 0.2) is 0 Å². The Morgan fingerprint density at radius 1 is 1.59 bits per heavy atom. The summed E-state index contributed by atoms with van der Waals surface area (Å²) in [6.45, 7) is 5.28. The van der Waals surface area contributed by atoms with Gasteiger partial charge in [-0.2, -0.15) is 11.8 Å². The summed E-state index contributed by atoms with van der Waals surface area (Å²) in [7, 11) is 0. The number of carboxylic acids is 1. The van der Waals surface area contributed by atoms with Crippen LogP contribution in [-0.2, 0) is 0 Å². The first-order chi connectivity index (χ1) is 8.09. The molecule has 0 bridgehead atoms. The molecule has 1 N–H and O–H groups in total. The van der Waals surface area contributed by atoms with Gasteiger partial charge >= 0.3 is 5.97 Å². The van der Waals surface area contributed by atoms with Crippen molar-refractivity contribution in [2.75, 3.05) is 17.2 Å². The summed E-state index contributed by atoms with van der Waals surface area (Å²) in [5.41, 5.74) is 0.299. The highest BCUT2D eigenvalue weighted by atomic mass is 32.2. The minimum atomic E-state index is -0.902. The Balaban J connectivity index is 2.26. The molecule has 2 heterocycles. The molecule has 5 heteroatoms. The Morgan fingerprint density at radius 3 is 3.06 bits per heavy atom. The molecule has 92 valence electrons. The number of anilines is 1. The number of carboxylic acid groups (broad SMARTS) is 1. The van der Waals surface area contributed by atoms with Crippen LogP contribution in [0.5, 0.6) is 0 Å². The molecule has 2 atom stereocenters. The number of pyridine rings is 1. The summed E-state index contributed by atoms with van der Waals surface area (Å²) in [6, 6.07) is 3.56. The summed E-state index contributed by atoms with van der Waals surface area (Å²) in [5, 5.41) is 9.52. The third kappa shape index (κ3) is 2.54. The van der Waals surface area contributed by atoms with Gasteiger partial charge in [0.25, 0.3) is 0 Å². The molecule has 2 rings (SSSR count). The maximum absolute atomic E-state index is 10.9. The van der Waals surface area contributed by atoms with E-state index in [1.807, 2.05) is 11.8 Å². The first-order valence-electron chi connectivity index (χ1n) is 5.67. The van der Waals surface area contributed by atoms with Crippen molar-refractivity contribution in [2.24, 2.45) is 0 Å². The van der Waals surface area contributed by atoms with Gasteiger partial charge in [0.1, 0.15) is 5.82 Å². The van der Waals surface area contributed by atoms with Crippen molar-refractivity contribution < 1.29 is 9.90 Å². The van der Waals surface area contributed by atoms with Gasteiger partial charge in [-0.3, -0.25) is 0 Å². The summed E-state index contributed by atoms with van der Waals surface area (Å²) >= 11 is 1.95. The predicted molar refractivity (Wildman–Crippen MR) is 69.9 cm³/mol. The van der Waals surface area contributed by atoms with Crippen LogP contribution in [0.2, 0.25) is 0 Å². The van der Waals surface area contributed by atoms with Gasteiger partial charge in [0.05, 0.1) is 5.56 Å². The standard InChI is InChI=1S/C12H16N2O2S/c1-8-9(2)17-6-5-14(8)11-7-10(12(15)16)3-4-13-11/h3-4,7-9H,5-6H2,1-2H3,(H,15,16). The molecule has 0 amide bonds. The Morgan fingerprint density at radius 2 is 2.35 bits per heavy atom. The van der Waals surface area contributed by atoms with Crippen LogP contribution in [0.1, 0.15) is 24.2 Å². The molecule has 0 radical (unpaired) electrons. The van der Waals surface area contributed by atoms with E-state index in [0.29, 0.717) is 16.9 Å². The van der Waals surface area contributed by atoms with E-state index < -0.39 is 5.97 Å². The number of aromatic nitrogens is 1. The lowest BCUT2D eigenvalue weighted by Crippen LogP contribution is -2.45. The van der Waals surface area contributed by atoms with Crippen molar-refractivity contribution in [3.63, 3.8) is 0 Å². The fourth-order valence-electron chi connectivity index (χ4n) is 1.96. The second-order valence-electron chi connectivity index (χ2n) is 4.22. The van der Waals surface area contributed by atoms with Gasteiger partial charge in [0, 0.05) is 29.8 Å². The van der Waals surface area contributed by atoms with Crippen LogP contribution in [0, 0.1) is 0 Å². The van der Waals surface area contributed by atoms with E-state index in [0.717, 1.165) is 18.1 Å². The molecule has 0 saturated carbocycles. The molecule has 0 spiro atoms. The highest BCUT2D eigenvalue weighted by molar-refractivity contribution is 8.00. The minimum absolute atomic E-state index is 0.299. The fraction of sp³-hybridized carbons (Fsp3) is 0.500. The molecule has 0 aliphatic carbocycles. The highest BCUT2D eigenvalue weighted by Crippen LogP contribution is 2.28. The fourth-order valence-corrected chi connectivity index (χ4v) is 3.06. The van der Waals surface area contributed by atoms with Gasteiger partial charge < -0.3 is 10.0 Å². The van der Waals surface area contributed by atoms with E-state index in [4.69, 9.17) is 5.11 Å². The van der Waals surface area contributed by atoms with Crippen LogP contribution in [0.3, 0.4) is 0 Å². The second kappa shape index (κ2) is 4.96. The van der Waals surface area contributed by atoms with Crippen LogP contribution in [0.25, 0.3) is 0 Å². The normalized spacial score (nSPS) is 24.7. The van der Waals surface area contributed by atoms with Crippen molar-refractivity contribution in [1.29, 1.82) is 0 Å². The van der Waals surface area contributed by atoms with E-state index in [1.54, 1.807) is 12.3 Å². The summed E-state index contributed by atoms with van der Waals surface area (Å²) in [5.74, 6) is 0.926. The molecule has 4 nitrogen and oxygen atoms in total. The lowest BCUT2D eigenvalue weighted by molar-refractivity contribution is 0.0697. The van der Waals surface area contributed by atoms with Crippen molar-refractivity contribution in [3.8, 4) is 0 Å². The maximum Gasteiger partial charge on any atom is 0.335 e. The third-order valence-electron chi connectivity index (χ3n) is 3.17. The zero-order chi connectivity index (χ0) is 12.4. The van der Waals surface area contributed by atoms with Gasteiger partial charge in [-0.25, -0.2) is 9.78 Å². The van der Waals surface area contributed by atoms with Crippen LogP contribution in [0.15, 0.2) is 18.3 Å². The van der Waals surface area contributed by atoms with E-state index in [1.165, 1.54) is 6.07 Å². The van der Waals surface area contributed by atoms with Crippen LogP contribution >= 0.6 is 11.8 Å². The molecule has 1 aromatic rings. The second-order valence-corrected chi connectivity index (χ2v) is 5.70. The smallest absolute Gasteiger partial charge is 0.335 e. The summed E-state index contributed by atoms with van der Waals surface area (Å²) in [6.07, 6.45) is 1.57. The van der Waals surface area contributed by atoms with Crippen LogP contribution in [-0.4, -0.2) is 39.6 Å². The first kappa shape index (κ1) is 12.2. The molecule has 1 aromatic heterocycles. The van der Waals surface area contributed by atoms with Crippen LogP contribution in [0.4, 0.5) is 5.82 Å². The molecular formula is C12H16N2O2S. The molecule has 1 saturated heterocycles. The van der Waals surface area contributed by atoms with E-state index in [-0.39, 0.29) is 0 Å². The number of thioether (sulfide) groups is 1. The Kier molecular flexibility index (Phi) is 3.57. The van der Waals surface area contributed by atoms with Crippen molar-refractivity contribution in [2.45, 2.75) is 25.1 Å². The highest BCUT2D eigenvalue weighted by Gasteiger charge is 2.26. The van der Waals surface area contributed by atoms with E-state index in [2.05, 4.69) is 23.7 Å². The molecule has 17 heavy (non-hydrogen) atoms. The maximum atomic E-state index is 10.9. The van der Waals surface area contributed by atoms with E-state index >= 15 is 0 Å². The molecule has 1 aliphatic rings. The van der Waals surface area contributed by atoms with E-state index in [9.17, 15) is 4.79 Å². The number of aromatic carboxylic acids is 1. The van der Waals surface area contributed by atoms with Gasteiger partial charge in [-0.05, 0) is 19.1 Å². The molecular weight excluding hydrogens is 236 g/mol. The van der Waals surface area contributed by atoms with Crippen molar-refractivity contribution in [1.82, 2.24) is 4.98 Å². The average molecular weight is 252 g/mol. The number of nitrogens with zero attached hydrogens (tertiary/aromatic N) is 2. The number of hydrogen-bond donors (Lipinski definition) is 1. The zero-order valence-electron chi connectivity index (χ0n) is 9.96. The SMILES string of the molecule is CC1SCCN(c2cc(C(=O)O)ccn2)C1C. The molecule has 2 unspecified atom stereocenters.